The van der Waals surface area contributed by atoms with E-state index in [9.17, 15) is 4.79 Å². The SMILES string of the molecule is O=C(O)c1cccc(OBOc2ccccc2)c1. The van der Waals surface area contributed by atoms with Crippen molar-refractivity contribution in [3.05, 3.63) is 60.2 Å². The lowest BCUT2D eigenvalue weighted by molar-refractivity contribution is 0.0696. The lowest BCUT2D eigenvalue weighted by Crippen LogP contribution is -2.11. The molecular formula is C13H11BO4. The first kappa shape index (κ1) is 12.0. The lowest BCUT2D eigenvalue weighted by Gasteiger charge is -2.07. The highest BCUT2D eigenvalue weighted by Gasteiger charge is 2.04. The second-order valence-corrected chi connectivity index (χ2v) is 3.55. The maximum Gasteiger partial charge on any atom is 0.576 e. The first-order valence-corrected chi connectivity index (χ1v) is 5.40. The van der Waals surface area contributed by atoms with Crippen molar-refractivity contribution in [1.29, 1.82) is 0 Å². The van der Waals surface area contributed by atoms with Gasteiger partial charge in [-0.2, -0.15) is 0 Å². The summed E-state index contributed by atoms with van der Waals surface area (Å²) in [6.45, 7) is 0. The number of para-hydroxylation sites is 1. The summed E-state index contributed by atoms with van der Waals surface area (Å²) in [7, 11) is 0.0348. The molecule has 0 bridgehead atoms. The van der Waals surface area contributed by atoms with Crippen molar-refractivity contribution >= 4 is 13.7 Å². The summed E-state index contributed by atoms with van der Waals surface area (Å²) in [5.41, 5.74) is 0.187. The van der Waals surface area contributed by atoms with Crippen molar-refractivity contribution < 1.29 is 19.2 Å². The second kappa shape index (κ2) is 5.77. The van der Waals surface area contributed by atoms with E-state index in [2.05, 4.69) is 0 Å². The molecule has 0 amide bonds. The Labute approximate surface area is 105 Å². The Morgan fingerprint density at radius 2 is 1.61 bits per heavy atom. The van der Waals surface area contributed by atoms with Crippen molar-refractivity contribution in [2.45, 2.75) is 0 Å². The molecule has 0 aliphatic heterocycles. The molecule has 90 valence electrons. The fourth-order valence-electron chi connectivity index (χ4n) is 1.40. The van der Waals surface area contributed by atoms with Gasteiger partial charge in [-0.25, -0.2) is 4.79 Å². The Morgan fingerprint density at radius 3 is 2.33 bits per heavy atom. The van der Waals surface area contributed by atoms with Gasteiger partial charge in [0.25, 0.3) is 0 Å². The number of rotatable bonds is 5. The van der Waals surface area contributed by atoms with Gasteiger partial charge in [0.1, 0.15) is 11.5 Å². The minimum Gasteiger partial charge on any atom is -0.529 e. The first-order valence-electron chi connectivity index (χ1n) is 5.40. The predicted octanol–water partition coefficient (Wildman–Crippen LogP) is 2.11. The number of hydrogen-bond donors (Lipinski definition) is 1. The fourth-order valence-corrected chi connectivity index (χ4v) is 1.40. The minimum atomic E-state index is -0.982. The van der Waals surface area contributed by atoms with Gasteiger partial charge in [0.05, 0.1) is 5.56 Å². The van der Waals surface area contributed by atoms with Gasteiger partial charge in [0.15, 0.2) is 0 Å². The van der Waals surface area contributed by atoms with Gasteiger partial charge in [0.2, 0.25) is 0 Å². The van der Waals surface area contributed by atoms with Crippen LogP contribution < -0.4 is 9.31 Å². The molecule has 18 heavy (non-hydrogen) atoms. The smallest absolute Gasteiger partial charge is 0.529 e. The number of carbonyl (C=O) groups is 1. The lowest BCUT2D eigenvalue weighted by atomic mass is 10.2. The zero-order chi connectivity index (χ0) is 12.8. The Balaban J connectivity index is 1.90. The molecule has 4 nitrogen and oxygen atoms in total. The minimum absolute atomic E-state index is 0.0348. The number of carboxylic acid groups (broad SMARTS) is 1. The van der Waals surface area contributed by atoms with E-state index in [0.717, 1.165) is 0 Å². The molecule has 0 saturated heterocycles. The highest BCUT2D eigenvalue weighted by molar-refractivity contribution is 6.20. The van der Waals surface area contributed by atoms with E-state index in [0.29, 0.717) is 11.5 Å². The average molecular weight is 242 g/mol. The number of aromatic carboxylic acids is 1. The molecule has 0 radical (unpaired) electrons. The van der Waals surface area contributed by atoms with Gasteiger partial charge in [-0.3, -0.25) is 0 Å². The van der Waals surface area contributed by atoms with Crippen molar-refractivity contribution in [1.82, 2.24) is 0 Å². The molecule has 1 N–H and O–H groups in total. The topological polar surface area (TPSA) is 55.8 Å². The number of hydrogen-bond acceptors (Lipinski definition) is 3. The molecule has 0 spiro atoms. The van der Waals surface area contributed by atoms with Crippen molar-refractivity contribution in [2.75, 3.05) is 0 Å². The predicted molar refractivity (Wildman–Crippen MR) is 68.2 cm³/mol. The molecule has 0 aliphatic rings. The van der Waals surface area contributed by atoms with E-state index in [4.69, 9.17) is 14.4 Å². The van der Waals surface area contributed by atoms with Crippen molar-refractivity contribution in [3.8, 4) is 11.5 Å². The Hall–Kier alpha value is -2.43. The molecule has 0 atom stereocenters. The van der Waals surface area contributed by atoms with Gasteiger partial charge in [-0.15, -0.1) is 0 Å². The zero-order valence-electron chi connectivity index (χ0n) is 9.58. The first-order chi connectivity index (χ1) is 8.75. The highest BCUT2D eigenvalue weighted by atomic mass is 16.6. The van der Waals surface area contributed by atoms with Gasteiger partial charge < -0.3 is 14.4 Å². The molecule has 2 aromatic carbocycles. The maximum atomic E-state index is 10.8. The largest absolute Gasteiger partial charge is 0.576 e. The summed E-state index contributed by atoms with van der Waals surface area (Å²) >= 11 is 0. The normalized spacial score (nSPS) is 9.56. The van der Waals surface area contributed by atoms with Crippen LogP contribution in [0.25, 0.3) is 0 Å². The molecule has 0 aromatic heterocycles. The third-order valence-corrected chi connectivity index (χ3v) is 2.28. The van der Waals surface area contributed by atoms with E-state index in [1.807, 2.05) is 30.3 Å². The van der Waals surface area contributed by atoms with Gasteiger partial charge in [0, 0.05) is 0 Å². The van der Waals surface area contributed by atoms with E-state index >= 15 is 0 Å². The van der Waals surface area contributed by atoms with Crippen LogP contribution in [0.1, 0.15) is 10.4 Å². The van der Waals surface area contributed by atoms with Gasteiger partial charge in [-0.1, -0.05) is 24.3 Å². The zero-order valence-corrected chi connectivity index (χ0v) is 9.58. The molecule has 0 heterocycles. The van der Waals surface area contributed by atoms with Crippen LogP contribution in [0.2, 0.25) is 0 Å². The van der Waals surface area contributed by atoms with Crippen LogP contribution in [0.3, 0.4) is 0 Å². The quantitative estimate of drug-likeness (QED) is 0.815. The summed E-state index contributed by atoms with van der Waals surface area (Å²) in [5, 5.41) is 8.83. The van der Waals surface area contributed by atoms with Crippen LogP contribution in [0.15, 0.2) is 54.6 Å². The fraction of sp³-hybridized carbons (Fsp3) is 0. The monoisotopic (exact) mass is 242 g/mol. The summed E-state index contributed by atoms with van der Waals surface area (Å²) < 4.78 is 10.7. The third kappa shape index (κ3) is 3.28. The molecule has 2 rings (SSSR count). The Kier molecular flexibility index (Phi) is 3.86. The molecular weight excluding hydrogens is 231 g/mol. The van der Waals surface area contributed by atoms with Crippen LogP contribution >= 0.6 is 0 Å². The van der Waals surface area contributed by atoms with Crippen LogP contribution in [0.5, 0.6) is 11.5 Å². The van der Waals surface area contributed by atoms with E-state index in [-0.39, 0.29) is 13.2 Å². The Morgan fingerprint density at radius 1 is 0.944 bits per heavy atom. The summed E-state index contributed by atoms with van der Waals surface area (Å²) in [6, 6.07) is 15.5. The average Bonchev–Trinajstić information content (AvgIpc) is 2.40. The van der Waals surface area contributed by atoms with E-state index in [1.165, 1.54) is 12.1 Å². The van der Waals surface area contributed by atoms with Crippen LogP contribution in [-0.2, 0) is 0 Å². The van der Waals surface area contributed by atoms with Gasteiger partial charge in [-0.05, 0) is 30.3 Å². The van der Waals surface area contributed by atoms with E-state index in [1.54, 1.807) is 12.1 Å². The Bertz CT molecular complexity index is 528. The van der Waals surface area contributed by atoms with Crippen LogP contribution in [0, 0.1) is 0 Å². The van der Waals surface area contributed by atoms with E-state index < -0.39 is 5.97 Å². The van der Waals surface area contributed by atoms with Crippen LogP contribution in [0.4, 0.5) is 0 Å². The van der Waals surface area contributed by atoms with Crippen LogP contribution in [-0.4, -0.2) is 18.8 Å². The molecule has 0 saturated carbocycles. The molecule has 0 unspecified atom stereocenters. The molecule has 0 aliphatic carbocycles. The number of carboxylic acids is 1. The molecule has 0 fully saturated rings. The highest BCUT2D eigenvalue weighted by Crippen LogP contribution is 2.13. The van der Waals surface area contributed by atoms with Crippen molar-refractivity contribution in [2.24, 2.45) is 0 Å². The maximum absolute atomic E-state index is 10.8. The van der Waals surface area contributed by atoms with Gasteiger partial charge >= 0.3 is 13.7 Å². The standard InChI is InChI=1S/C13H11BO4/c15-13(16)10-5-4-8-12(9-10)18-14-17-11-6-2-1-3-7-11/h1-9,14H,(H,15,16). The second-order valence-electron chi connectivity index (χ2n) is 3.55. The summed E-state index contributed by atoms with van der Waals surface area (Å²) in [5.74, 6) is 0.183. The summed E-state index contributed by atoms with van der Waals surface area (Å²) in [6.07, 6.45) is 0. The summed E-state index contributed by atoms with van der Waals surface area (Å²) in [4.78, 5) is 10.8. The number of benzene rings is 2. The third-order valence-electron chi connectivity index (χ3n) is 2.28. The molecule has 2 aromatic rings. The molecule has 5 heteroatoms. The van der Waals surface area contributed by atoms with Crippen molar-refractivity contribution in [3.63, 3.8) is 0 Å².